The summed E-state index contributed by atoms with van der Waals surface area (Å²) in [6, 6.07) is 0. The van der Waals surface area contributed by atoms with Crippen LogP contribution in [0.1, 0.15) is 34.4 Å². The highest BCUT2D eigenvalue weighted by Gasteiger charge is 2.54. The molecule has 0 saturated heterocycles. The molecule has 120 valence electrons. The van der Waals surface area contributed by atoms with E-state index in [-0.39, 0.29) is 11.8 Å². The third kappa shape index (κ3) is 1.77. The molecule has 0 unspecified atom stereocenters. The highest BCUT2D eigenvalue weighted by molar-refractivity contribution is 5.45. The van der Waals surface area contributed by atoms with Crippen LogP contribution in [0.15, 0.2) is 0 Å². The Balaban J connectivity index is 1.98. The van der Waals surface area contributed by atoms with E-state index < -0.39 is 24.0 Å². The predicted octanol–water partition coefficient (Wildman–Crippen LogP) is -0.216. The summed E-state index contributed by atoms with van der Waals surface area (Å²) in [5, 5.41) is 49.3. The normalized spacial score (nSPS) is 27.9. The molecule has 1 fully saturated rings. The van der Waals surface area contributed by atoms with Crippen LogP contribution < -0.4 is 0 Å². The first-order valence-corrected chi connectivity index (χ1v) is 7.06. The molecule has 2 heterocycles. The first kappa shape index (κ1) is 14.9. The van der Waals surface area contributed by atoms with E-state index in [1.807, 2.05) is 0 Å². The van der Waals surface area contributed by atoms with Crippen LogP contribution in [-0.2, 0) is 14.1 Å². The van der Waals surface area contributed by atoms with Crippen LogP contribution in [0.5, 0.6) is 11.8 Å². The first-order valence-electron chi connectivity index (χ1n) is 7.06. The van der Waals surface area contributed by atoms with Gasteiger partial charge in [0.2, 0.25) is 11.8 Å². The highest BCUT2D eigenvalue weighted by atomic mass is 16.3. The van der Waals surface area contributed by atoms with Gasteiger partial charge in [-0.3, -0.25) is 0 Å². The number of aromatic hydroxyl groups is 2. The minimum absolute atomic E-state index is 0.0637. The lowest BCUT2D eigenvalue weighted by atomic mass is 9.63. The number of hydrogen-bond acceptors (Lipinski definition) is 6. The van der Waals surface area contributed by atoms with E-state index in [0.717, 1.165) is 0 Å². The van der Waals surface area contributed by atoms with Gasteiger partial charge in [0, 0.05) is 37.1 Å². The summed E-state index contributed by atoms with van der Waals surface area (Å²) in [6.07, 6.45) is -1.87. The number of rotatable bonds is 2. The van der Waals surface area contributed by atoms with Gasteiger partial charge in [0.15, 0.2) is 0 Å². The van der Waals surface area contributed by atoms with Crippen LogP contribution in [0.4, 0.5) is 0 Å². The van der Waals surface area contributed by atoms with Crippen molar-refractivity contribution in [1.29, 1.82) is 0 Å². The molecular formula is C14H20N4O4. The van der Waals surface area contributed by atoms with Gasteiger partial charge < -0.3 is 20.4 Å². The second kappa shape index (κ2) is 4.72. The highest BCUT2D eigenvalue weighted by Crippen LogP contribution is 2.52. The van der Waals surface area contributed by atoms with Gasteiger partial charge in [0.25, 0.3) is 0 Å². The summed E-state index contributed by atoms with van der Waals surface area (Å²) in [6.45, 7) is 3.43. The number of aliphatic hydroxyl groups is 2. The quantitative estimate of drug-likeness (QED) is 0.610. The Morgan fingerprint density at radius 2 is 1.09 bits per heavy atom. The van der Waals surface area contributed by atoms with Crippen molar-refractivity contribution in [1.82, 2.24) is 19.6 Å². The Morgan fingerprint density at radius 3 is 1.32 bits per heavy atom. The monoisotopic (exact) mass is 308 g/mol. The molecule has 8 nitrogen and oxygen atoms in total. The molecule has 0 spiro atoms. The first-order chi connectivity index (χ1) is 10.3. The van der Waals surface area contributed by atoms with Gasteiger partial charge in [-0.1, -0.05) is 0 Å². The van der Waals surface area contributed by atoms with E-state index in [1.54, 1.807) is 27.9 Å². The number of aliphatic hydroxyl groups excluding tert-OH is 2. The maximum absolute atomic E-state index is 10.5. The van der Waals surface area contributed by atoms with Crippen molar-refractivity contribution in [2.45, 2.75) is 37.9 Å². The zero-order chi connectivity index (χ0) is 16.3. The van der Waals surface area contributed by atoms with Crippen molar-refractivity contribution in [3.63, 3.8) is 0 Å². The third-order valence-electron chi connectivity index (χ3n) is 4.61. The molecule has 1 saturated carbocycles. The molecule has 22 heavy (non-hydrogen) atoms. The van der Waals surface area contributed by atoms with Crippen molar-refractivity contribution < 1.29 is 20.4 Å². The second-order valence-corrected chi connectivity index (χ2v) is 5.93. The Bertz CT molecular complexity index is 666. The van der Waals surface area contributed by atoms with E-state index in [9.17, 15) is 20.4 Å². The van der Waals surface area contributed by atoms with E-state index >= 15 is 0 Å². The zero-order valence-corrected chi connectivity index (χ0v) is 12.9. The van der Waals surface area contributed by atoms with E-state index in [0.29, 0.717) is 22.5 Å². The topological polar surface area (TPSA) is 117 Å². The van der Waals surface area contributed by atoms with Crippen molar-refractivity contribution >= 4 is 0 Å². The van der Waals surface area contributed by atoms with E-state index in [1.165, 1.54) is 9.36 Å². The van der Waals surface area contributed by atoms with Crippen molar-refractivity contribution in [2.24, 2.45) is 14.1 Å². The van der Waals surface area contributed by atoms with Gasteiger partial charge in [-0.05, 0) is 13.8 Å². The molecule has 0 aliphatic heterocycles. The number of aryl methyl sites for hydroxylation is 4. The maximum Gasteiger partial charge on any atom is 0.213 e. The largest absolute Gasteiger partial charge is 0.493 e. The van der Waals surface area contributed by atoms with Crippen molar-refractivity contribution in [3.8, 4) is 11.8 Å². The van der Waals surface area contributed by atoms with Crippen LogP contribution >= 0.6 is 0 Å². The fourth-order valence-electron chi connectivity index (χ4n) is 3.49. The summed E-state index contributed by atoms with van der Waals surface area (Å²) in [7, 11) is 3.19. The Morgan fingerprint density at radius 1 is 0.773 bits per heavy atom. The Hall–Kier alpha value is -2.06. The lowest BCUT2D eigenvalue weighted by Crippen LogP contribution is -2.52. The summed E-state index contributed by atoms with van der Waals surface area (Å²) < 4.78 is 2.62. The fraction of sp³-hybridized carbons (Fsp3) is 0.571. The van der Waals surface area contributed by atoms with Crippen molar-refractivity contribution in [3.05, 3.63) is 22.5 Å². The van der Waals surface area contributed by atoms with E-state index in [2.05, 4.69) is 10.2 Å². The molecule has 8 heteroatoms. The van der Waals surface area contributed by atoms with Crippen LogP contribution in [0.25, 0.3) is 0 Å². The number of hydrogen-bond donors (Lipinski definition) is 4. The predicted molar refractivity (Wildman–Crippen MR) is 76.7 cm³/mol. The zero-order valence-electron chi connectivity index (χ0n) is 12.9. The summed E-state index contributed by atoms with van der Waals surface area (Å²) in [4.78, 5) is 0. The van der Waals surface area contributed by atoms with Crippen LogP contribution in [-0.4, -0.2) is 52.2 Å². The summed E-state index contributed by atoms with van der Waals surface area (Å²) in [5.74, 6) is -1.41. The molecule has 2 aromatic heterocycles. The summed E-state index contributed by atoms with van der Waals surface area (Å²) in [5.41, 5.74) is 2.02. The minimum Gasteiger partial charge on any atom is -0.493 e. The minimum atomic E-state index is -0.933. The van der Waals surface area contributed by atoms with Gasteiger partial charge in [-0.15, -0.1) is 0 Å². The van der Waals surface area contributed by atoms with Gasteiger partial charge in [-0.25, -0.2) is 9.36 Å². The SMILES string of the molecule is Cc1nn(C)c(O)c1C1C(O)C(c2c(C)nn(C)c2O)C1O. The molecule has 0 amide bonds. The number of aromatic nitrogens is 4. The molecule has 3 rings (SSSR count). The van der Waals surface area contributed by atoms with Crippen molar-refractivity contribution in [2.75, 3.05) is 0 Å². The fourth-order valence-corrected chi connectivity index (χ4v) is 3.49. The molecule has 0 aromatic carbocycles. The average Bonchev–Trinajstić information content (AvgIpc) is 2.83. The van der Waals surface area contributed by atoms with Gasteiger partial charge in [-0.2, -0.15) is 10.2 Å². The Labute approximate surface area is 127 Å². The van der Waals surface area contributed by atoms with Gasteiger partial charge >= 0.3 is 0 Å². The molecule has 1 aliphatic carbocycles. The summed E-state index contributed by atoms with van der Waals surface area (Å²) >= 11 is 0. The lowest BCUT2D eigenvalue weighted by molar-refractivity contribution is -0.0802. The molecule has 4 N–H and O–H groups in total. The molecule has 2 aromatic rings. The molecule has 0 atom stereocenters. The molecule has 1 aliphatic rings. The molecule has 0 bridgehead atoms. The van der Waals surface area contributed by atoms with Crippen LogP contribution in [0, 0.1) is 13.8 Å². The maximum atomic E-state index is 10.5. The lowest BCUT2D eigenvalue weighted by Gasteiger charge is -2.46. The van der Waals surface area contributed by atoms with Crippen LogP contribution in [0.3, 0.4) is 0 Å². The second-order valence-electron chi connectivity index (χ2n) is 5.93. The average molecular weight is 308 g/mol. The van der Waals surface area contributed by atoms with E-state index in [4.69, 9.17) is 0 Å². The third-order valence-corrected chi connectivity index (χ3v) is 4.61. The smallest absolute Gasteiger partial charge is 0.213 e. The standard InChI is InChI=1S/C14H20N4O4/c1-5-7(13(21)17(3)15-5)9-11(19)10(12(9)20)8-6(2)16-18(4)14(8)22/h9-12,19-22H,1-4H3. The molecule has 0 radical (unpaired) electrons. The van der Waals surface area contributed by atoms with Crippen LogP contribution in [0.2, 0.25) is 0 Å². The molecular weight excluding hydrogens is 288 g/mol. The van der Waals surface area contributed by atoms with Gasteiger partial charge in [0.05, 0.1) is 23.6 Å². The van der Waals surface area contributed by atoms with Gasteiger partial charge in [0.1, 0.15) is 0 Å². The Kier molecular flexibility index (Phi) is 3.19. The number of nitrogens with zero attached hydrogens (tertiary/aromatic N) is 4.